The van der Waals surface area contributed by atoms with E-state index in [1.165, 1.54) is 0 Å². The molecule has 0 fully saturated rings. The summed E-state index contributed by atoms with van der Waals surface area (Å²) in [4.78, 5) is 24.3. The number of halogens is 1. The van der Waals surface area contributed by atoms with Crippen molar-refractivity contribution in [2.75, 3.05) is 11.9 Å². The van der Waals surface area contributed by atoms with Gasteiger partial charge in [0.2, 0.25) is 0 Å². The zero-order chi connectivity index (χ0) is 17.3. The Balaban J connectivity index is 1.85. The topological polar surface area (TPSA) is 89.0 Å². The number of hydrogen-bond acceptors (Lipinski definition) is 4. The summed E-state index contributed by atoms with van der Waals surface area (Å²) in [6.07, 6.45) is 1.63. The maximum Gasteiger partial charge on any atom is 0.355 e. The highest BCUT2D eigenvalue weighted by molar-refractivity contribution is 6.31. The van der Waals surface area contributed by atoms with Crippen LogP contribution in [0.3, 0.4) is 0 Å². The van der Waals surface area contributed by atoms with E-state index in [-0.39, 0.29) is 12.3 Å². The van der Waals surface area contributed by atoms with E-state index in [4.69, 9.17) is 16.3 Å². The molecular formula is C16H15ClN4O3. The number of anilines is 1. The standard InChI is InChI=1S/C16H15ClN4O3/c1-3-24-16(23)13-7-10(8-21(13)2)18-15(22)14-11-6-9(17)4-5-12(11)19-20-14/h4-8H,3H2,1-2H3,(H,18,22)(H,19,20). The second-order valence-corrected chi connectivity index (χ2v) is 5.60. The molecule has 7 nitrogen and oxygen atoms in total. The van der Waals surface area contributed by atoms with Crippen molar-refractivity contribution in [2.24, 2.45) is 7.05 Å². The minimum Gasteiger partial charge on any atom is -0.461 e. The lowest BCUT2D eigenvalue weighted by Gasteiger charge is -2.01. The zero-order valence-electron chi connectivity index (χ0n) is 13.1. The number of aromatic amines is 1. The first-order chi connectivity index (χ1) is 11.5. The number of carbonyl (C=O) groups is 2. The van der Waals surface area contributed by atoms with Gasteiger partial charge in [-0.2, -0.15) is 5.10 Å². The summed E-state index contributed by atoms with van der Waals surface area (Å²) < 4.78 is 6.56. The highest BCUT2D eigenvalue weighted by Crippen LogP contribution is 2.22. The molecule has 0 aliphatic rings. The molecule has 0 spiro atoms. The fourth-order valence-corrected chi connectivity index (χ4v) is 2.56. The van der Waals surface area contributed by atoms with Crippen molar-refractivity contribution >= 4 is 40.1 Å². The molecule has 0 saturated carbocycles. The first kappa shape index (κ1) is 16.1. The molecule has 3 rings (SSSR count). The molecule has 1 amide bonds. The molecule has 0 aliphatic heterocycles. The van der Waals surface area contributed by atoms with E-state index in [1.807, 2.05) is 0 Å². The lowest BCUT2D eigenvalue weighted by Crippen LogP contribution is -2.12. The van der Waals surface area contributed by atoms with Crippen LogP contribution in [0.15, 0.2) is 30.5 Å². The third-order valence-electron chi connectivity index (χ3n) is 3.49. The maximum absolute atomic E-state index is 12.5. The summed E-state index contributed by atoms with van der Waals surface area (Å²) in [6, 6.07) is 6.69. The van der Waals surface area contributed by atoms with Crippen LogP contribution in [0.2, 0.25) is 5.02 Å². The summed E-state index contributed by atoms with van der Waals surface area (Å²) in [7, 11) is 1.70. The molecule has 2 heterocycles. The van der Waals surface area contributed by atoms with Crippen molar-refractivity contribution in [3.05, 3.63) is 46.9 Å². The number of carbonyl (C=O) groups excluding carboxylic acids is 2. The Morgan fingerprint density at radius 1 is 1.38 bits per heavy atom. The van der Waals surface area contributed by atoms with Crippen LogP contribution in [-0.4, -0.2) is 33.2 Å². The second kappa shape index (κ2) is 6.37. The van der Waals surface area contributed by atoms with Crippen molar-refractivity contribution in [3.63, 3.8) is 0 Å². The van der Waals surface area contributed by atoms with Crippen LogP contribution in [0.25, 0.3) is 10.9 Å². The molecular weight excluding hydrogens is 332 g/mol. The zero-order valence-corrected chi connectivity index (χ0v) is 13.8. The SMILES string of the molecule is CCOC(=O)c1cc(NC(=O)c2n[nH]c3ccc(Cl)cc23)cn1C. The van der Waals surface area contributed by atoms with Gasteiger partial charge in [-0.3, -0.25) is 9.89 Å². The largest absolute Gasteiger partial charge is 0.461 e. The Labute approximate surface area is 142 Å². The van der Waals surface area contributed by atoms with E-state index >= 15 is 0 Å². The van der Waals surface area contributed by atoms with Crippen molar-refractivity contribution in [3.8, 4) is 0 Å². The molecule has 0 bridgehead atoms. The van der Waals surface area contributed by atoms with Crippen LogP contribution < -0.4 is 5.32 Å². The van der Waals surface area contributed by atoms with Gasteiger partial charge < -0.3 is 14.6 Å². The van der Waals surface area contributed by atoms with Crippen molar-refractivity contribution < 1.29 is 14.3 Å². The van der Waals surface area contributed by atoms with Crippen molar-refractivity contribution in [1.82, 2.24) is 14.8 Å². The van der Waals surface area contributed by atoms with Crippen LogP contribution in [0.5, 0.6) is 0 Å². The van der Waals surface area contributed by atoms with E-state index in [2.05, 4.69) is 15.5 Å². The van der Waals surface area contributed by atoms with Crippen molar-refractivity contribution in [1.29, 1.82) is 0 Å². The average molecular weight is 347 g/mol. The van der Waals surface area contributed by atoms with Gasteiger partial charge in [-0.1, -0.05) is 11.6 Å². The lowest BCUT2D eigenvalue weighted by molar-refractivity contribution is 0.0515. The van der Waals surface area contributed by atoms with E-state index < -0.39 is 11.9 Å². The molecule has 8 heteroatoms. The van der Waals surface area contributed by atoms with Gasteiger partial charge in [-0.05, 0) is 31.2 Å². The first-order valence-electron chi connectivity index (χ1n) is 7.28. The molecule has 2 aromatic heterocycles. The predicted octanol–water partition coefficient (Wildman–Crippen LogP) is 2.98. The monoisotopic (exact) mass is 346 g/mol. The van der Waals surface area contributed by atoms with E-state index in [0.29, 0.717) is 27.3 Å². The quantitative estimate of drug-likeness (QED) is 0.711. The molecule has 0 saturated heterocycles. The fourth-order valence-electron chi connectivity index (χ4n) is 2.39. The molecule has 0 aliphatic carbocycles. The number of H-pyrrole nitrogens is 1. The van der Waals surface area contributed by atoms with Crippen LogP contribution in [-0.2, 0) is 11.8 Å². The Hall–Kier alpha value is -2.80. The van der Waals surface area contributed by atoms with Gasteiger partial charge in [0.05, 0.1) is 17.8 Å². The minimum atomic E-state index is -0.447. The van der Waals surface area contributed by atoms with Crippen molar-refractivity contribution in [2.45, 2.75) is 6.92 Å². The van der Waals surface area contributed by atoms with Gasteiger partial charge >= 0.3 is 5.97 Å². The number of aryl methyl sites for hydroxylation is 1. The van der Waals surface area contributed by atoms with E-state index in [1.54, 1.807) is 49.0 Å². The predicted molar refractivity (Wildman–Crippen MR) is 90.4 cm³/mol. The summed E-state index contributed by atoms with van der Waals surface area (Å²) in [5.74, 6) is -0.845. The van der Waals surface area contributed by atoms with Crippen LogP contribution in [0.4, 0.5) is 5.69 Å². The third kappa shape index (κ3) is 2.98. The average Bonchev–Trinajstić information content (AvgIpc) is 3.10. The Morgan fingerprint density at radius 2 is 2.17 bits per heavy atom. The Kier molecular flexibility index (Phi) is 4.26. The summed E-state index contributed by atoms with van der Waals surface area (Å²) >= 11 is 5.97. The van der Waals surface area contributed by atoms with E-state index in [9.17, 15) is 9.59 Å². The smallest absolute Gasteiger partial charge is 0.355 e. The van der Waals surface area contributed by atoms with Crippen LogP contribution >= 0.6 is 11.6 Å². The Bertz CT molecular complexity index is 929. The number of amides is 1. The normalized spacial score (nSPS) is 10.8. The van der Waals surface area contributed by atoms with Gasteiger partial charge in [0.15, 0.2) is 5.69 Å². The van der Waals surface area contributed by atoms with Gasteiger partial charge in [0.25, 0.3) is 5.91 Å². The number of nitrogens with one attached hydrogen (secondary N) is 2. The highest BCUT2D eigenvalue weighted by Gasteiger charge is 2.18. The summed E-state index contributed by atoms with van der Waals surface area (Å²) in [5.41, 5.74) is 1.77. The lowest BCUT2D eigenvalue weighted by atomic mass is 10.2. The van der Waals surface area contributed by atoms with Crippen LogP contribution in [0.1, 0.15) is 27.9 Å². The molecule has 124 valence electrons. The van der Waals surface area contributed by atoms with Gasteiger partial charge in [0.1, 0.15) is 5.69 Å². The number of hydrogen-bond donors (Lipinski definition) is 2. The molecule has 0 unspecified atom stereocenters. The number of aromatic nitrogens is 3. The summed E-state index contributed by atoms with van der Waals surface area (Å²) in [6.45, 7) is 2.02. The number of nitrogens with zero attached hydrogens (tertiary/aromatic N) is 2. The summed E-state index contributed by atoms with van der Waals surface area (Å²) in [5, 5.41) is 10.7. The number of ether oxygens (including phenoxy) is 1. The van der Waals surface area contributed by atoms with Gasteiger partial charge in [-0.15, -0.1) is 0 Å². The Morgan fingerprint density at radius 3 is 2.92 bits per heavy atom. The number of fused-ring (bicyclic) bond motifs is 1. The molecule has 2 N–H and O–H groups in total. The van der Waals surface area contributed by atoms with Crippen LogP contribution in [0, 0.1) is 0 Å². The number of benzene rings is 1. The molecule has 24 heavy (non-hydrogen) atoms. The maximum atomic E-state index is 12.5. The number of rotatable bonds is 4. The highest BCUT2D eigenvalue weighted by atomic mass is 35.5. The molecule has 0 radical (unpaired) electrons. The molecule has 1 aromatic carbocycles. The molecule has 0 atom stereocenters. The fraction of sp³-hybridized carbons (Fsp3) is 0.188. The number of esters is 1. The van der Waals surface area contributed by atoms with Gasteiger partial charge in [-0.25, -0.2) is 4.79 Å². The third-order valence-corrected chi connectivity index (χ3v) is 3.72. The van der Waals surface area contributed by atoms with Gasteiger partial charge in [0, 0.05) is 23.7 Å². The van der Waals surface area contributed by atoms with E-state index in [0.717, 1.165) is 0 Å². The minimum absolute atomic E-state index is 0.231. The first-order valence-corrected chi connectivity index (χ1v) is 7.66. The molecule has 3 aromatic rings. The second-order valence-electron chi connectivity index (χ2n) is 5.16.